The molecule has 21 heavy (non-hydrogen) atoms. The van der Waals surface area contributed by atoms with Crippen molar-refractivity contribution in [1.82, 2.24) is 15.2 Å². The lowest BCUT2D eigenvalue weighted by atomic mass is 10.1. The molecule has 3 N–H and O–H groups in total. The van der Waals surface area contributed by atoms with Gasteiger partial charge in [-0.1, -0.05) is 36.4 Å². The van der Waals surface area contributed by atoms with E-state index in [-0.39, 0.29) is 5.56 Å². The van der Waals surface area contributed by atoms with Gasteiger partial charge in [-0.05, 0) is 36.6 Å². The second kappa shape index (κ2) is 6.13. The largest absolute Gasteiger partial charge is 0.362 e. The van der Waals surface area contributed by atoms with E-state index in [1.165, 1.54) is 5.56 Å². The maximum absolute atomic E-state index is 11.8. The van der Waals surface area contributed by atoms with Gasteiger partial charge in [-0.25, -0.2) is 0 Å². The molecule has 4 nitrogen and oxygen atoms in total. The first kappa shape index (κ1) is 13.2. The van der Waals surface area contributed by atoms with E-state index in [0.29, 0.717) is 5.22 Å². The summed E-state index contributed by atoms with van der Waals surface area (Å²) in [6.07, 6.45) is 7.58. The normalized spacial score (nSPS) is 13.0. The van der Waals surface area contributed by atoms with Gasteiger partial charge in [0.15, 0.2) is 0 Å². The minimum absolute atomic E-state index is 0.101. The summed E-state index contributed by atoms with van der Waals surface area (Å²) in [4.78, 5) is 14.9. The van der Waals surface area contributed by atoms with Gasteiger partial charge in [-0.3, -0.25) is 15.0 Å². The first-order valence-corrected chi connectivity index (χ1v) is 6.99. The molecule has 0 aliphatic rings. The predicted molar refractivity (Wildman–Crippen MR) is 84.3 cm³/mol. The minimum atomic E-state index is -0.101. The zero-order valence-electron chi connectivity index (χ0n) is 11.6. The molecule has 0 aliphatic carbocycles. The summed E-state index contributed by atoms with van der Waals surface area (Å²) in [5, 5.41) is 7.07. The molecule has 0 saturated heterocycles. The monoisotopic (exact) mass is 279 g/mol. The molecule has 0 unspecified atom stereocenters. The second-order valence-corrected chi connectivity index (χ2v) is 4.90. The molecule has 0 spiro atoms. The predicted octanol–water partition coefficient (Wildman–Crippen LogP) is 1.27. The Kier molecular flexibility index (Phi) is 3.87. The van der Waals surface area contributed by atoms with Crippen LogP contribution in [0.2, 0.25) is 0 Å². The molecule has 2 heterocycles. The van der Waals surface area contributed by atoms with Crippen molar-refractivity contribution in [3.05, 3.63) is 80.8 Å². The van der Waals surface area contributed by atoms with Crippen molar-refractivity contribution in [3.63, 3.8) is 0 Å². The Hall–Kier alpha value is -2.75. The smallest absolute Gasteiger partial charge is 0.271 e. The van der Waals surface area contributed by atoms with Gasteiger partial charge in [-0.2, -0.15) is 0 Å². The molecule has 3 aromatic rings. The zero-order chi connectivity index (χ0) is 14.5. The maximum atomic E-state index is 11.8. The fraction of sp³-hybridized carbons (Fsp3) is 0.118. The van der Waals surface area contributed by atoms with Gasteiger partial charge in [0, 0.05) is 11.9 Å². The Bertz CT molecular complexity index is 855. The standard InChI is InChI=1S/C17H17N3O/c21-17-15(12-14-9-5-11-18-14)16(19-20-17)10-4-8-13-6-2-1-3-7-13/h1-3,5-7,9-12,18-19H,4,8H2,(H,20,21). The SMILES string of the molecule is O=c1[nH][nH]c(=CCCc2ccccc2)c1=Cc1ccc[nH]1. The summed E-state index contributed by atoms with van der Waals surface area (Å²) >= 11 is 0. The number of hydrogen-bond donors (Lipinski definition) is 3. The third kappa shape index (κ3) is 3.23. The molecule has 1 aromatic carbocycles. The molecule has 0 amide bonds. The van der Waals surface area contributed by atoms with Crippen molar-refractivity contribution < 1.29 is 0 Å². The number of nitrogens with one attached hydrogen (secondary N) is 3. The first-order valence-electron chi connectivity index (χ1n) is 6.99. The lowest BCUT2D eigenvalue weighted by Gasteiger charge is -1.95. The molecule has 2 aromatic heterocycles. The van der Waals surface area contributed by atoms with Crippen LogP contribution in [-0.4, -0.2) is 15.2 Å². The lowest BCUT2D eigenvalue weighted by Crippen LogP contribution is -2.33. The van der Waals surface area contributed by atoms with Crippen LogP contribution in [0, 0.1) is 0 Å². The van der Waals surface area contributed by atoms with Crippen molar-refractivity contribution >= 4 is 12.2 Å². The van der Waals surface area contributed by atoms with E-state index >= 15 is 0 Å². The molecular formula is C17H17N3O. The van der Waals surface area contributed by atoms with Gasteiger partial charge in [0.1, 0.15) is 0 Å². The highest BCUT2D eigenvalue weighted by Gasteiger charge is 1.96. The molecule has 0 aliphatic heterocycles. The van der Waals surface area contributed by atoms with Gasteiger partial charge in [0.25, 0.3) is 5.56 Å². The van der Waals surface area contributed by atoms with Crippen LogP contribution in [0.4, 0.5) is 0 Å². The van der Waals surface area contributed by atoms with Crippen LogP contribution in [-0.2, 0) is 6.42 Å². The van der Waals surface area contributed by atoms with E-state index < -0.39 is 0 Å². The van der Waals surface area contributed by atoms with Crippen molar-refractivity contribution in [1.29, 1.82) is 0 Å². The molecule has 0 saturated carbocycles. The summed E-state index contributed by atoms with van der Waals surface area (Å²) in [5.74, 6) is 0. The third-order valence-corrected chi connectivity index (χ3v) is 3.39. The van der Waals surface area contributed by atoms with Gasteiger partial charge in [0.2, 0.25) is 0 Å². The molecule has 0 atom stereocenters. The van der Waals surface area contributed by atoms with E-state index in [1.807, 2.05) is 42.6 Å². The topological polar surface area (TPSA) is 64.4 Å². The third-order valence-electron chi connectivity index (χ3n) is 3.39. The molecule has 0 bridgehead atoms. The van der Waals surface area contributed by atoms with Crippen LogP contribution in [0.5, 0.6) is 0 Å². The number of aryl methyl sites for hydroxylation is 1. The first-order chi connectivity index (χ1) is 10.3. The van der Waals surface area contributed by atoms with E-state index in [4.69, 9.17) is 0 Å². The number of H-pyrrole nitrogens is 3. The lowest BCUT2D eigenvalue weighted by molar-refractivity contribution is 1.00. The van der Waals surface area contributed by atoms with Crippen molar-refractivity contribution in [2.75, 3.05) is 0 Å². The minimum Gasteiger partial charge on any atom is -0.362 e. The van der Waals surface area contributed by atoms with Gasteiger partial charge in [0.05, 0.1) is 10.6 Å². The molecule has 106 valence electrons. The van der Waals surface area contributed by atoms with Gasteiger partial charge < -0.3 is 4.98 Å². The summed E-state index contributed by atoms with van der Waals surface area (Å²) in [7, 11) is 0. The van der Waals surface area contributed by atoms with Gasteiger partial charge in [-0.15, -0.1) is 0 Å². The van der Waals surface area contributed by atoms with E-state index in [1.54, 1.807) is 0 Å². The average Bonchev–Trinajstić information content (AvgIpc) is 3.13. The molecule has 3 rings (SSSR count). The van der Waals surface area contributed by atoms with Crippen LogP contribution >= 0.6 is 0 Å². The highest BCUT2D eigenvalue weighted by molar-refractivity contribution is 5.45. The average molecular weight is 279 g/mol. The maximum Gasteiger partial charge on any atom is 0.271 e. The molecule has 0 radical (unpaired) electrons. The van der Waals surface area contributed by atoms with Crippen molar-refractivity contribution in [2.24, 2.45) is 0 Å². The summed E-state index contributed by atoms with van der Waals surface area (Å²) < 4.78 is 0. The van der Waals surface area contributed by atoms with Crippen molar-refractivity contribution in [3.8, 4) is 0 Å². The number of aromatic nitrogens is 3. The fourth-order valence-electron chi connectivity index (χ4n) is 2.30. The number of aromatic amines is 3. The van der Waals surface area contributed by atoms with Crippen LogP contribution < -0.4 is 16.1 Å². The highest BCUT2D eigenvalue weighted by atomic mass is 16.1. The van der Waals surface area contributed by atoms with E-state index in [2.05, 4.69) is 33.4 Å². The summed E-state index contributed by atoms with van der Waals surface area (Å²) in [6, 6.07) is 14.2. The van der Waals surface area contributed by atoms with Gasteiger partial charge >= 0.3 is 0 Å². The second-order valence-electron chi connectivity index (χ2n) is 4.90. The van der Waals surface area contributed by atoms with E-state index in [0.717, 1.165) is 23.9 Å². The molecule has 4 heteroatoms. The Morgan fingerprint density at radius 1 is 1.00 bits per heavy atom. The summed E-state index contributed by atoms with van der Waals surface area (Å²) in [6.45, 7) is 0. The Morgan fingerprint density at radius 3 is 2.62 bits per heavy atom. The fourth-order valence-corrected chi connectivity index (χ4v) is 2.30. The van der Waals surface area contributed by atoms with Crippen molar-refractivity contribution in [2.45, 2.75) is 12.8 Å². The van der Waals surface area contributed by atoms with E-state index in [9.17, 15) is 4.79 Å². The van der Waals surface area contributed by atoms with Crippen LogP contribution in [0.3, 0.4) is 0 Å². The summed E-state index contributed by atoms with van der Waals surface area (Å²) in [5.41, 5.74) is 2.11. The quantitative estimate of drug-likeness (QED) is 0.661. The molecular weight excluding hydrogens is 262 g/mol. The number of rotatable bonds is 4. The van der Waals surface area contributed by atoms with Crippen LogP contribution in [0.1, 0.15) is 17.7 Å². The molecule has 0 fully saturated rings. The Labute approximate surface area is 121 Å². The van der Waals surface area contributed by atoms with Crippen LogP contribution in [0.25, 0.3) is 12.2 Å². The van der Waals surface area contributed by atoms with Crippen LogP contribution in [0.15, 0.2) is 53.5 Å². The highest BCUT2D eigenvalue weighted by Crippen LogP contribution is 2.02. The Morgan fingerprint density at radius 2 is 1.86 bits per heavy atom. The zero-order valence-corrected chi connectivity index (χ0v) is 11.6. The number of hydrogen-bond acceptors (Lipinski definition) is 1. The number of benzene rings is 1. The Balaban J connectivity index is 1.86.